The number of hydrogen-bond acceptors (Lipinski definition) is 2. The summed E-state index contributed by atoms with van der Waals surface area (Å²) in [6.45, 7) is 0. The van der Waals surface area contributed by atoms with Crippen molar-refractivity contribution in [2.45, 2.75) is 0 Å². The van der Waals surface area contributed by atoms with E-state index in [4.69, 9.17) is 9.97 Å². The van der Waals surface area contributed by atoms with Gasteiger partial charge in [0.15, 0.2) is 5.82 Å². The van der Waals surface area contributed by atoms with E-state index in [2.05, 4.69) is 206 Å². The lowest BCUT2D eigenvalue weighted by Crippen LogP contribution is -1.97. The number of benzene rings is 10. The highest BCUT2D eigenvalue weighted by molar-refractivity contribution is 6.20. The van der Waals surface area contributed by atoms with Crippen molar-refractivity contribution in [1.82, 2.24) is 9.97 Å². The first-order chi connectivity index (χ1) is 27.7. The Bertz CT molecular complexity index is 3270. The second-order valence-corrected chi connectivity index (χ2v) is 14.5. The molecule has 2 heteroatoms. The summed E-state index contributed by atoms with van der Waals surface area (Å²) in [5, 5.41) is 12.3. The molecule has 0 aliphatic heterocycles. The van der Waals surface area contributed by atoms with E-state index >= 15 is 0 Å². The van der Waals surface area contributed by atoms with Crippen LogP contribution in [-0.4, -0.2) is 9.97 Å². The maximum Gasteiger partial charge on any atom is 0.160 e. The average molecular weight is 711 g/mol. The number of hydrogen-bond donors (Lipinski definition) is 0. The van der Waals surface area contributed by atoms with E-state index in [-0.39, 0.29) is 0 Å². The minimum absolute atomic E-state index is 0.696. The molecule has 0 atom stereocenters. The monoisotopic (exact) mass is 710 g/mol. The molecule has 0 unspecified atom stereocenters. The van der Waals surface area contributed by atoms with Gasteiger partial charge in [0.1, 0.15) is 0 Å². The fraction of sp³-hybridized carbons (Fsp3) is 0. The highest BCUT2D eigenvalue weighted by Crippen LogP contribution is 2.41. The number of rotatable bonds is 5. The molecule has 260 valence electrons. The van der Waals surface area contributed by atoms with E-state index < -0.39 is 0 Å². The van der Waals surface area contributed by atoms with E-state index in [1.807, 2.05) is 0 Å². The quantitative estimate of drug-likeness (QED) is 0.131. The molecule has 0 fully saturated rings. The second-order valence-electron chi connectivity index (χ2n) is 14.5. The van der Waals surface area contributed by atoms with Crippen molar-refractivity contribution in [2.24, 2.45) is 0 Å². The van der Waals surface area contributed by atoms with Crippen LogP contribution in [0, 0.1) is 0 Å². The van der Waals surface area contributed by atoms with Crippen molar-refractivity contribution in [3.8, 4) is 56.2 Å². The van der Waals surface area contributed by atoms with Crippen LogP contribution in [0.25, 0.3) is 110 Å². The molecule has 56 heavy (non-hydrogen) atoms. The maximum atomic E-state index is 5.35. The van der Waals surface area contributed by atoms with Crippen LogP contribution in [0.5, 0.6) is 0 Å². The van der Waals surface area contributed by atoms with Gasteiger partial charge in [0.2, 0.25) is 0 Å². The predicted molar refractivity (Wildman–Crippen MR) is 237 cm³/mol. The molecule has 0 radical (unpaired) electrons. The van der Waals surface area contributed by atoms with Gasteiger partial charge >= 0.3 is 0 Å². The molecule has 0 amide bonds. The molecule has 11 aromatic rings. The first-order valence-corrected chi connectivity index (χ1v) is 19.1. The van der Waals surface area contributed by atoms with Gasteiger partial charge in [-0.15, -0.1) is 0 Å². The van der Waals surface area contributed by atoms with E-state index in [0.29, 0.717) is 5.82 Å². The highest BCUT2D eigenvalue weighted by atomic mass is 14.9. The summed E-state index contributed by atoms with van der Waals surface area (Å²) in [6, 6.07) is 74.0. The normalized spacial score (nSPS) is 11.6. The third-order valence-corrected chi connectivity index (χ3v) is 11.3. The Hall–Kier alpha value is -7.42. The summed E-state index contributed by atoms with van der Waals surface area (Å²) in [7, 11) is 0. The molecule has 10 aromatic carbocycles. The molecule has 1 aromatic heterocycles. The van der Waals surface area contributed by atoms with Gasteiger partial charge in [-0.25, -0.2) is 9.97 Å². The van der Waals surface area contributed by atoms with Crippen LogP contribution in [0.1, 0.15) is 0 Å². The molecular weight excluding hydrogens is 677 g/mol. The topological polar surface area (TPSA) is 25.8 Å². The van der Waals surface area contributed by atoms with Crippen LogP contribution in [0.15, 0.2) is 206 Å². The minimum Gasteiger partial charge on any atom is -0.228 e. The van der Waals surface area contributed by atoms with Crippen molar-refractivity contribution in [1.29, 1.82) is 0 Å². The zero-order valence-electron chi connectivity index (χ0n) is 30.5. The summed E-state index contributed by atoms with van der Waals surface area (Å²) in [5.74, 6) is 0.696. The zero-order valence-corrected chi connectivity index (χ0v) is 30.5. The van der Waals surface area contributed by atoms with Crippen molar-refractivity contribution >= 4 is 53.9 Å². The fourth-order valence-corrected chi connectivity index (χ4v) is 8.52. The number of aromatic nitrogens is 2. The van der Waals surface area contributed by atoms with E-state index in [0.717, 1.165) is 28.1 Å². The molecule has 0 saturated heterocycles. The summed E-state index contributed by atoms with van der Waals surface area (Å²) < 4.78 is 0. The molecule has 1 heterocycles. The lowest BCUT2D eigenvalue weighted by Gasteiger charge is -2.15. The van der Waals surface area contributed by atoms with Gasteiger partial charge in [-0.05, 0) is 88.2 Å². The van der Waals surface area contributed by atoms with Crippen molar-refractivity contribution in [3.05, 3.63) is 206 Å². The van der Waals surface area contributed by atoms with Gasteiger partial charge in [-0.1, -0.05) is 194 Å². The molecule has 0 N–H and O–H groups in total. The third kappa shape index (κ3) is 5.42. The van der Waals surface area contributed by atoms with Crippen LogP contribution in [0.4, 0.5) is 0 Å². The van der Waals surface area contributed by atoms with Crippen molar-refractivity contribution in [2.75, 3.05) is 0 Å². The van der Waals surface area contributed by atoms with Crippen LogP contribution < -0.4 is 0 Å². The van der Waals surface area contributed by atoms with Gasteiger partial charge in [0, 0.05) is 16.7 Å². The summed E-state index contributed by atoms with van der Waals surface area (Å²) in [5.41, 5.74) is 9.67. The summed E-state index contributed by atoms with van der Waals surface area (Å²) >= 11 is 0. The van der Waals surface area contributed by atoms with E-state index in [1.165, 1.54) is 76.1 Å². The Kier molecular flexibility index (Phi) is 7.53. The molecule has 2 nitrogen and oxygen atoms in total. The Morgan fingerprint density at radius 1 is 0.268 bits per heavy atom. The van der Waals surface area contributed by atoms with Gasteiger partial charge in [-0.3, -0.25) is 0 Å². The highest BCUT2D eigenvalue weighted by Gasteiger charge is 2.16. The van der Waals surface area contributed by atoms with Crippen LogP contribution in [0.2, 0.25) is 0 Å². The Balaban J connectivity index is 1.09. The summed E-state index contributed by atoms with van der Waals surface area (Å²) in [6.07, 6.45) is 0. The molecule has 0 bridgehead atoms. The Morgan fingerprint density at radius 3 is 1.62 bits per heavy atom. The second kappa shape index (κ2) is 13.2. The fourth-order valence-electron chi connectivity index (χ4n) is 8.52. The molecule has 0 aliphatic carbocycles. The third-order valence-electron chi connectivity index (χ3n) is 11.3. The lowest BCUT2D eigenvalue weighted by atomic mass is 9.89. The average Bonchev–Trinajstić information content (AvgIpc) is 3.28. The number of fused-ring (bicyclic) bond motifs is 7. The minimum atomic E-state index is 0.696. The van der Waals surface area contributed by atoms with Gasteiger partial charge < -0.3 is 0 Å². The Labute approximate surface area is 325 Å². The summed E-state index contributed by atoms with van der Waals surface area (Å²) in [4.78, 5) is 10.6. The van der Waals surface area contributed by atoms with Crippen LogP contribution in [0.3, 0.4) is 0 Å². The standard InChI is InChI=1S/C54H34N2/c1-2-11-35(12-3-1)36-21-24-39(25-22-36)50-34-51(48-20-10-16-40-26-23-38-14-5-8-18-45(38)53(40)48)56-54(55-50)42-29-27-41(28-30-42)52-46-19-9-6-15-43(46)33-49-44-17-7-4-13-37(44)31-32-47(49)52/h1-34H. The largest absolute Gasteiger partial charge is 0.228 e. The van der Waals surface area contributed by atoms with Gasteiger partial charge in [0.05, 0.1) is 11.4 Å². The molecule has 11 rings (SSSR count). The van der Waals surface area contributed by atoms with Gasteiger partial charge in [-0.2, -0.15) is 0 Å². The number of nitrogens with zero attached hydrogens (tertiary/aromatic N) is 2. The van der Waals surface area contributed by atoms with E-state index in [1.54, 1.807) is 0 Å². The molecular formula is C54H34N2. The van der Waals surface area contributed by atoms with E-state index in [9.17, 15) is 0 Å². The first-order valence-electron chi connectivity index (χ1n) is 19.1. The van der Waals surface area contributed by atoms with Crippen molar-refractivity contribution in [3.63, 3.8) is 0 Å². The lowest BCUT2D eigenvalue weighted by molar-refractivity contribution is 1.19. The van der Waals surface area contributed by atoms with Crippen LogP contribution >= 0.6 is 0 Å². The maximum absolute atomic E-state index is 5.35. The zero-order chi connectivity index (χ0) is 37.0. The molecule has 0 aliphatic rings. The SMILES string of the molecule is c1ccc(-c2ccc(-c3cc(-c4cccc5ccc6ccccc6c45)nc(-c4ccc(-c5c6ccccc6cc6c5ccc5ccccc56)cc4)n3)cc2)cc1. The first kappa shape index (κ1) is 32.0. The van der Waals surface area contributed by atoms with Crippen LogP contribution in [-0.2, 0) is 0 Å². The van der Waals surface area contributed by atoms with Gasteiger partial charge in [0.25, 0.3) is 0 Å². The Morgan fingerprint density at radius 2 is 0.821 bits per heavy atom. The van der Waals surface area contributed by atoms with Crippen molar-refractivity contribution < 1.29 is 0 Å². The molecule has 0 spiro atoms. The molecule has 0 saturated carbocycles. The predicted octanol–water partition coefficient (Wildman–Crippen LogP) is 14.6. The smallest absolute Gasteiger partial charge is 0.160 e.